The standard InChI is InChI=1S/C21H42O6/c1-2-3-4-5-6-7-8-9-10-11-12-14-27-21(23)20-26-19-18-25-17-16-24-15-13-22/h22H,2-20H2,1H3. The summed E-state index contributed by atoms with van der Waals surface area (Å²) >= 11 is 0. The van der Waals surface area contributed by atoms with Crippen molar-refractivity contribution in [3.63, 3.8) is 0 Å². The Bertz CT molecular complexity index is 298. The molecule has 0 aromatic rings. The van der Waals surface area contributed by atoms with Gasteiger partial charge in [-0.05, 0) is 6.42 Å². The lowest BCUT2D eigenvalue weighted by atomic mass is 10.1. The predicted molar refractivity (Wildman–Crippen MR) is 107 cm³/mol. The maximum Gasteiger partial charge on any atom is 0.332 e. The number of hydrogen-bond donors (Lipinski definition) is 1. The van der Waals surface area contributed by atoms with Crippen molar-refractivity contribution in [2.75, 3.05) is 52.9 Å². The van der Waals surface area contributed by atoms with Crippen molar-refractivity contribution in [1.29, 1.82) is 0 Å². The lowest BCUT2D eigenvalue weighted by Crippen LogP contribution is -2.16. The van der Waals surface area contributed by atoms with E-state index in [1.54, 1.807) is 0 Å². The molecule has 0 rings (SSSR count). The molecule has 0 aromatic heterocycles. The van der Waals surface area contributed by atoms with Crippen LogP contribution in [0.15, 0.2) is 0 Å². The first-order chi connectivity index (χ1) is 13.3. The molecule has 6 nitrogen and oxygen atoms in total. The van der Waals surface area contributed by atoms with E-state index < -0.39 is 0 Å². The molecular weight excluding hydrogens is 348 g/mol. The second kappa shape index (κ2) is 23.3. The Morgan fingerprint density at radius 1 is 0.630 bits per heavy atom. The summed E-state index contributed by atoms with van der Waals surface area (Å²) in [6.07, 6.45) is 14.1. The third-order valence-corrected chi connectivity index (χ3v) is 4.21. The maximum absolute atomic E-state index is 11.5. The van der Waals surface area contributed by atoms with E-state index in [0.29, 0.717) is 39.6 Å². The molecule has 0 saturated heterocycles. The molecule has 0 amide bonds. The van der Waals surface area contributed by atoms with Gasteiger partial charge in [-0.1, -0.05) is 71.1 Å². The maximum atomic E-state index is 11.5. The number of aliphatic hydroxyl groups excluding tert-OH is 1. The minimum absolute atomic E-state index is 0.0183. The largest absolute Gasteiger partial charge is 0.464 e. The van der Waals surface area contributed by atoms with Gasteiger partial charge in [-0.3, -0.25) is 0 Å². The first-order valence-corrected chi connectivity index (χ1v) is 10.8. The van der Waals surface area contributed by atoms with E-state index in [0.717, 1.165) is 12.8 Å². The number of carbonyl (C=O) groups is 1. The van der Waals surface area contributed by atoms with Gasteiger partial charge < -0.3 is 24.1 Å². The number of rotatable bonds is 22. The highest BCUT2D eigenvalue weighted by Gasteiger charge is 2.02. The van der Waals surface area contributed by atoms with Crippen LogP contribution in [0.1, 0.15) is 77.6 Å². The minimum Gasteiger partial charge on any atom is -0.464 e. The van der Waals surface area contributed by atoms with Crippen LogP contribution >= 0.6 is 0 Å². The van der Waals surface area contributed by atoms with Gasteiger partial charge in [0, 0.05) is 0 Å². The predicted octanol–water partition coefficient (Wildman–Crippen LogP) is 3.88. The molecule has 0 aliphatic carbocycles. The number of unbranched alkanes of at least 4 members (excludes halogenated alkanes) is 10. The van der Waals surface area contributed by atoms with E-state index in [-0.39, 0.29) is 19.2 Å². The van der Waals surface area contributed by atoms with E-state index >= 15 is 0 Å². The Kier molecular flexibility index (Phi) is 22.8. The van der Waals surface area contributed by atoms with Crippen LogP contribution in [-0.2, 0) is 23.7 Å². The lowest BCUT2D eigenvalue weighted by Gasteiger charge is -2.07. The van der Waals surface area contributed by atoms with Crippen molar-refractivity contribution in [2.45, 2.75) is 77.6 Å². The van der Waals surface area contributed by atoms with Crippen molar-refractivity contribution in [3.8, 4) is 0 Å². The van der Waals surface area contributed by atoms with Gasteiger partial charge in [0.15, 0.2) is 0 Å². The molecule has 1 N–H and O–H groups in total. The Morgan fingerprint density at radius 3 is 1.67 bits per heavy atom. The van der Waals surface area contributed by atoms with Gasteiger partial charge in [0.2, 0.25) is 0 Å². The highest BCUT2D eigenvalue weighted by atomic mass is 16.6. The summed E-state index contributed by atoms with van der Waals surface area (Å²) in [6.45, 7) is 4.71. The smallest absolute Gasteiger partial charge is 0.332 e. The summed E-state index contributed by atoms with van der Waals surface area (Å²) in [5, 5.41) is 8.53. The van der Waals surface area contributed by atoms with Crippen molar-refractivity contribution in [3.05, 3.63) is 0 Å². The minimum atomic E-state index is -0.312. The van der Waals surface area contributed by atoms with Crippen molar-refractivity contribution in [2.24, 2.45) is 0 Å². The quantitative estimate of drug-likeness (QED) is 0.223. The molecule has 162 valence electrons. The van der Waals surface area contributed by atoms with Crippen LogP contribution in [-0.4, -0.2) is 63.9 Å². The van der Waals surface area contributed by atoms with Crippen molar-refractivity contribution >= 4 is 5.97 Å². The van der Waals surface area contributed by atoms with Crippen LogP contribution in [0.2, 0.25) is 0 Å². The lowest BCUT2D eigenvalue weighted by molar-refractivity contribution is -0.149. The molecule has 27 heavy (non-hydrogen) atoms. The Balaban J connectivity index is 3.13. The fraction of sp³-hybridized carbons (Fsp3) is 0.952. The molecule has 0 bridgehead atoms. The number of aliphatic hydroxyl groups is 1. The summed E-state index contributed by atoms with van der Waals surface area (Å²) in [4.78, 5) is 11.5. The molecule has 0 unspecified atom stereocenters. The molecule has 6 heteroatoms. The van der Waals surface area contributed by atoms with E-state index in [1.807, 2.05) is 0 Å². The van der Waals surface area contributed by atoms with Gasteiger partial charge in [0.25, 0.3) is 0 Å². The molecule has 0 radical (unpaired) electrons. The van der Waals surface area contributed by atoms with Crippen LogP contribution in [0.4, 0.5) is 0 Å². The van der Waals surface area contributed by atoms with Gasteiger partial charge in [-0.25, -0.2) is 4.79 Å². The molecule has 0 aromatic carbocycles. The molecule has 0 spiro atoms. The summed E-state index contributed by atoms with van der Waals surface area (Å²) in [7, 11) is 0. The molecule has 0 atom stereocenters. The van der Waals surface area contributed by atoms with Crippen LogP contribution in [0.5, 0.6) is 0 Å². The molecule has 0 aliphatic heterocycles. The van der Waals surface area contributed by atoms with E-state index in [1.165, 1.54) is 57.8 Å². The van der Waals surface area contributed by atoms with Crippen LogP contribution in [0, 0.1) is 0 Å². The average molecular weight is 391 g/mol. The van der Waals surface area contributed by atoms with Gasteiger partial charge in [-0.2, -0.15) is 0 Å². The van der Waals surface area contributed by atoms with E-state index in [4.69, 9.17) is 24.1 Å². The van der Waals surface area contributed by atoms with E-state index in [2.05, 4.69) is 6.92 Å². The fourth-order valence-electron chi connectivity index (χ4n) is 2.65. The van der Waals surface area contributed by atoms with Crippen molar-refractivity contribution in [1.82, 2.24) is 0 Å². The summed E-state index contributed by atoms with van der Waals surface area (Å²) < 4.78 is 20.7. The number of esters is 1. The second-order valence-electron chi connectivity index (χ2n) is 6.76. The van der Waals surface area contributed by atoms with E-state index in [9.17, 15) is 4.79 Å². The molecular formula is C21H42O6. The van der Waals surface area contributed by atoms with Gasteiger partial charge in [0.05, 0.1) is 46.2 Å². The normalized spacial score (nSPS) is 11.0. The zero-order valence-electron chi connectivity index (χ0n) is 17.4. The van der Waals surface area contributed by atoms with Crippen LogP contribution < -0.4 is 0 Å². The van der Waals surface area contributed by atoms with Gasteiger partial charge in [0.1, 0.15) is 6.61 Å². The average Bonchev–Trinajstić information content (AvgIpc) is 2.67. The Labute approximate surface area is 165 Å². The fourth-order valence-corrected chi connectivity index (χ4v) is 2.65. The molecule has 0 fully saturated rings. The highest BCUT2D eigenvalue weighted by Crippen LogP contribution is 2.11. The molecule has 0 saturated carbocycles. The second-order valence-corrected chi connectivity index (χ2v) is 6.76. The van der Waals surface area contributed by atoms with Gasteiger partial charge >= 0.3 is 5.97 Å². The first kappa shape index (κ1) is 26.3. The van der Waals surface area contributed by atoms with Crippen molar-refractivity contribution < 1.29 is 28.8 Å². The number of ether oxygens (including phenoxy) is 4. The number of carbonyl (C=O) groups excluding carboxylic acids is 1. The number of hydrogen-bond acceptors (Lipinski definition) is 6. The monoisotopic (exact) mass is 390 g/mol. The third-order valence-electron chi connectivity index (χ3n) is 4.21. The SMILES string of the molecule is CCCCCCCCCCCCCOC(=O)COCCOCCOCCO. The zero-order valence-corrected chi connectivity index (χ0v) is 17.4. The Morgan fingerprint density at radius 2 is 1.11 bits per heavy atom. The summed E-state index contributed by atoms with van der Waals surface area (Å²) in [6, 6.07) is 0. The van der Waals surface area contributed by atoms with Crippen LogP contribution in [0.25, 0.3) is 0 Å². The zero-order chi connectivity index (χ0) is 19.8. The molecule has 0 heterocycles. The highest BCUT2D eigenvalue weighted by molar-refractivity contribution is 5.70. The third kappa shape index (κ3) is 23.3. The first-order valence-electron chi connectivity index (χ1n) is 10.8. The topological polar surface area (TPSA) is 74.2 Å². The summed E-state index contributed by atoms with van der Waals surface area (Å²) in [5.41, 5.74) is 0. The summed E-state index contributed by atoms with van der Waals surface area (Å²) in [5.74, 6) is -0.312. The van der Waals surface area contributed by atoms with Crippen LogP contribution in [0.3, 0.4) is 0 Å². The molecule has 0 aliphatic rings. The van der Waals surface area contributed by atoms with Gasteiger partial charge in [-0.15, -0.1) is 0 Å². The Hall–Kier alpha value is -0.690.